The summed E-state index contributed by atoms with van der Waals surface area (Å²) in [6.07, 6.45) is 4.40. The minimum absolute atomic E-state index is 0.561. The van der Waals surface area contributed by atoms with Gasteiger partial charge in [0.25, 0.3) is 0 Å². The molecule has 0 saturated heterocycles. The second-order valence-corrected chi connectivity index (χ2v) is 5.78. The molecule has 19 heavy (non-hydrogen) atoms. The van der Waals surface area contributed by atoms with Crippen molar-refractivity contribution in [3.63, 3.8) is 0 Å². The van der Waals surface area contributed by atoms with Crippen LogP contribution in [0.4, 0.5) is 0 Å². The lowest BCUT2D eigenvalue weighted by Gasteiger charge is -2.11. The van der Waals surface area contributed by atoms with Gasteiger partial charge >= 0.3 is 0 Å². The van der Waals surface area contributed by atoms with Crippen molar-refractivity contribution < 1.29 is 4.74 Å². The Labute approximate surface area is 116 Å². The van der Waals surface area contributed by atoms with E-state index in [-0.39, 0.29) is 0 Å². The number of nitrogens with one attached hydrogen (secondary N) is 1. The molecule has 0 aliphatic heterocycles. The van der Waals surface area contributed by atoms with Gasteiger partial charge in [0.05, 0.1) is 16.1 Å². The van der Waals surface area contributed by atoms with Crippen molar-refractivity contribution >= 4 is 11.3 Å². The maximum absolute atomic E-state index is 5.86. The number of aromatic nitrogens is 2. The number of ether oxygens (including phenoxy) is 1. The second kappa shape index (κ2) is 5.67. The number of nitrogens with zero attached hydrogens (tertiary/aromatic N) is 2. The highest BCUT2D eigenvalue weighted by Gasteiger charge is 2.21. The Kier molecular flexibility index (Phi) is 3.75. The fourth-order valence-electron chi connectivity index (χ4n) is 1.85. The van der Waals surface area contributed by atoms with Crippen molar-refractivity contribution in [2.75, 3.05) is 0 Å². The van der Waals surface area contributed by atoms with Crippen molar-refractivity contribution in [3.05, 3.63) is 40.1 Å². The first-order valence-electron chi connectivity index (χ1n) is 6.51. The van der Waals surface area contributed by atoms with E-state index in [1.807, 2.05) is 30.8 Å². The summed E-state index contributed by atoms with van der Waals surface area (Å²) in [7, 11) is 0. The second-order valence-electron chi connectivity index (χ2n) is 4.81. The van der Waals surface area contributed by atoms with E-state index >= 15 is 0 Å². The third-order valence-electron chi connectivity index (χ3n) is 3.06. The minimum Gasteiger partial charge on any atom is -0.486 e. The van der Waals surface area contributed by atoms with Gasteiger partial charge in [0, 0.05) is 24.5 Å². The number of rotatable bonds is 6. The molecule has 0 spiro atoms. The Hall–Kier alpha value is -1.46. The molecule has 1 fully saturated rings. The Bertz CT molecular complexity index is 538. The number of thiazole rings is 1. The first kappa shape index (κ1) is 12.6. The third-order valence-corrected chi connectivity index (χ3v) is 3.81. The van der Waals surface area contributed by atoms with Crippen molar-refractivity contribution in [1.29, 1.82) is 0 Å². The molecular formula is C14H17N3OS. The van der Waals surface area contributed by atoms with Crippen LogP contribution in [-0.2, 0) is 13.2 Å². The number of aryl methyl sites for hydroxylation is 1. The Balaban J connectivity index is 1.67. The summed E-state index contributed by atoms with van der Waals surface area (Å²) in [6, 6.07) is 4.67. The summed E-state index contributed by atoms with van der Waals surface area (Å²) >= 11 is 1.61. The van der Waals surface area contributed by atoms with Gasteiger partial charge in [-0.25, -0.2) is 0 Å². The van der Waals surface area contributed by atoms with Gasteiger partial charge in [-0.05, 0) is 31.9 Å². The van der Waals surface area contributed by atoms with Crippen molar-refractivity contribution in [2.45, 2.75) is 39.0 Å². The summed E-state index contributed by atoms with van der Waals surface area (Å²) in [5.41, 5.74) is 3.84. The number of hydrogen-bond donors (Lipinski definition) is 1. The van der Waals surface area contributed by atoms with E-state index in [4.69, 9.17) is 4.74 Å². The first-order chi connectivity index (χ1) is 9.31. The van der Waals surface area contributed by atoms with E-state index in [0.29, 0.717) is 12.6 Å². The highest BCUT2D eigenvalue weighted by atomic mass is 32.1. The molecule has 0 amide bonds. The largest absolute Gasteiger partial charge is 0.486 e. The predicted molar refractivity (Wildman–Crippen MR) is 75.3 cm³/mol. The molecular weight excluding hydrogens is 258 g/mol. The molecule has 2 aromatic heterocycles. The van der Waals surface area contributed by atoms with E-state index in [1.54, 1.807) is 11.3 Å². The fraction of sp³-hybridized carbons (Fsp3) is 0.429. The Morgan fingerprint density at radius 1 is 1.42 bits per heavy atom. The van der Waals surface area contributed by atoms with Crippen LogP contribution in [0.5, 0.6) is 5.75 Å². The molecule has 0 bridgehead atoms. The van der Waals surface area contributed by atoms with Crippen LogP contribution in [0, 0.1) is 6.92 Å². The average molecular weight is 275 g/mol. The summed E-state index contributed by atoms with van der Waals surface area (Å²) in [6.45, 7) is 3.35. The van der Waals surface area contributed by atoms with E-state index in [0.717, 1.165) is 28.6 Å². The average Bonchev–Trinajstić information content (AvgIpc) is 3.10. The SMILES string of the molecule is Cc1ccc(OCc2cncs2)c(CNC2CC2)n1. The zero-order valence-electron chi connectivity index (χ0n) is 10.9. The Morgan fingerprint density at radius 3 is 3.05 bits per heavy atom. The lowest BCUT2D eigenvalue weighted by atomic mass is 10.3. The molecule has 4 nitrogen and oxygen atoms in total. The Morgan fingerprint density at radius 2 is 2.32 bits per heavy atom. The molecule has 2 aromatic rings. The van der Waals surface area contributed by atoms with Crippen LogP contribution in [0.25, 0.3) is 0 Å². The molecule has 100 valence electrons. The van der Waals surface area contributed by atoms with Gasteiger partial charge in [-0.3, -0.25) is 9.97 Å². The molecule has 5 heteroatoms. The van der Waals surface area contributed by atoms with Crippen LogP contribution in [0.3, 0.4) is 0 Å². The summed E-state index contributed by atoms with van der Waals surface area (Å²) in [4.78, 5) is 9.75. The zero-order valence-corrected chi connectivity index (χ0v) is 11.7. The van der Waals surface area contributed by atoms with E-state index in [1.165, 1.54) is 12.8 Å². The van der Waals surface area contributed by atoms with Crippen LogP contribution < -0.4 is 10.1 Å². The topological polar surface area (TPSA) is 47.0 Å². The molecule has 0 unspecified atom stereocenters. The minimum atomic E-state index is 0.561. The maximum Gasteiger partial charge on any atom is 0.142 e. The van der Waals surface area contributed by atoms with E-state index < -0.39 is 0 Å². The predicted octanol–water partition coefficient (Wildman–Crippen LogP) is 2.68. The quantitative estimate of drug-likeness (QED) is 0.880. The molecule has 1 N–H and O–H groups in total. The van der Waals surface area contributed by atoms with Gasteiger partial charge < -0.3 is 10.1 Å². The molecule has 1 aliphatic carbocycles. The van der Waals surface area contributed by atoms with Crippen LogP contribution in [-0.4, -0.2) is 16.0 Å². The van der Waals surface area contributed by atoms with Crippen LogP contribution in [0.1, 0.15) is 29.1 Å². The monoisotopic (exact) mass is 275 g/mol. The molecule has 0 atom stereocenters. The summed E-state index contributed by atoms with van der Waals surface area (Å²) < 4.78 is 5.86. The van der Waals surface area contributed by atoms with Gasteiger partial charge in [-0.15, -0.1) is 11.3 Å². The standard InChI is InChI=1S/C14H17N3OS/c1-10-2-5-14(18-8-12-6-15-9-19-12)13(17-10)7-16-11-3-4-11/h2,5-6,9,11,16H,3-4,7-8H2,1H3. The normalized spacial score (nSPS) is 14.6. The van der Waals surface area contributed by atoms with Gasteiger partial charge in [-0.2, -0.15) is 0 Å². The zero-order chi connectivity index (χ0) is 13.1. The van der Waals surface area contributed by atoms with Crippen molar-refractivity contribution in [3.8, 4) is 5.75 Å². The molecule has 3 rings (SSSR count). The highest BCUT2D eigenvalue weighted by molar-refractivity contribution is 7.09. The molecule has 1 saturated carbocycles. The van der Waals surface area contributed by atoms with Gasteiger partial charge in [0.1, 0.15) is 12.4 Å². The molecule has 2 heterocycles. The number of hydrogen-bond acceptors (Lipinski definition) is 5. The van der Waals surface area contributed by atoms with Crippen molar-refractivity contribution in [1.82, 2.24) is 15.3 Å². The molecule has 1 aliphatic rings. The lowest BCUT2D eigenvalue weighted by molar-refractivity contribution is 0.303. The van der Waals surface area contributed by atoms with Crippen LogP contribution in [0.2, 0.25) is 0 Å². The highest BCUT2D eigenvalue weighted by Crippen LogP contribution is 2.23. The van der Waals surface area contributed by atoms with Crippen LogP contribution >= 0.6 is 11.3 Å². The van der Waals surface area contributed by atoms with E-state index in [2.05, 4.69) is 15.3 Å². The molecule has 0 aromatic carbocycles. The summed E-state index contributed by atoms with van der Waals surface area (Å²) in [5, 5.41) is 3.48. The third kappa shape index (κ3) is 3.52. The van der Waals surface area contributed by atoms with Gasteiger partial charge in [0.15, 0.2) is 0 Å². The fourth-order valence-corrected chi connectivity index (χ4v) is 2.35. The smallest absolute Gasteiger partial charge is 0.142 e. The molecule has 0 radical (unpaired) electrons. The van der Waals surface area contributed by atoms with Crippen LogP contribution in [0.15, 0.2) is 23.8 Å². The lowest BCUT2D eigenvalue weighted by Crippen LogP contribution is -2.17. The number of pyridine rings is 1. The first-order valence-corrected chi connectivity index (χ1v) is 7.39. The van der Waals surface area contributed by atoms with E-state index in [9.17, 15) is 0 Å². The van der Waals surface area contributed by atoms with Gasteiger partial charge in [0.2, 0.25) is 0 Å². The van der Waals surface area contributed by atoms with Gasteiger partial charge in [-0.1, -0.05) is 0 Å². The maximum atomic E-state index is 5.86. The van der Waals surface area contributed by atoms with Crippen molar-refractivity contribution in [2.24, 2.45) is 0 Å². The summed E-state index contributed by atoms with van der Waals surface area (Å²) in [5.74, 6) is 0.868.